The third-order valence-corrected chi connectivity index (χ3v) is 2.66. The Morgan fingerprint density at radius 2 is 2.00 bits per heavy atom. The van der Waals surface area contributed by atoms with E-state index in [-0.39, 0.29) is 12.1 Å². The molecule has 0 radical (unpaired) electrons. The molecule has 0 bridgehead atoms. The van der Waals surface area contributed by atoms with Gasteiger partial charge in [0.1, 0.15) is 11.9 Å². The highest BCUT2D eigenvalue weighted by atomic mass is 16.5. The zero-order valence-electron chi connectivity index (χ0n) is 9.55. The summed E-state index contributed by atoms with van der Waals surface area (Å²) in [5.74, 6) is 0.843. The van der Waals surface area contributed by atoms with Crippen LogP contribution >= 0.6 is 0 Å². The molecule has 1 heterocycles. The lowest BCUT2D eigenvalue weighted by Gasteiger charge is -2.18. The van der Waals surface area contributed by atoms with Gasteiger partial charge in [-0.15, -0.1) is 0 Å². The van der Waals surface area contributed by atoms with Gasteiger partial charge in [-0.2, -0.15) is 0 Å². The maximum Gasteiger partial charge on any atom is 0.129 e. The summed E-state index contributed by atoms with van der Waals surface area (Å²) in [4.78, 5) is 4.28. The fourth-order valence-electron chi connectivity index (χ4n) is 1.49. The van der Waals surface area contributed by atoms with Gasteiger partial charge in [0.2, 0.25) is 0 Å². The van der Waals surface area contributed by atoms with Gasteiger partial charge in [-0.05, 0) is 38.1 Å². The lowest BCUT2D eigenvalue weighted by molar-refractivity contribution is 0.199. The Morgan fingerprint density at radius 3 is 2.75 bits per heavy atom. The number of aromatic nitrogens is 1. The topological polar surface area (TPSA) is 48.1 Å². The Balaban J connectivity index is 2.37. The number of benzene rings is 1. The maximum absolute atomic E-state index is 5.82. The van der Waals surface area contributed by atoms with E-state index in [1.54, 1.807) is 6.20 Å². The fourth-order valence-corrected chi connectivity index (χ4v) is 1.49. The van der Waals surface area contributed by atoms with Gasteiger partial charge in [0, 0.05) is 17.6 Å². The fraction of sp³-hybridized carbons (Fsp3) is 0.308. The van der Waals surface area contributed by atoms with Gasteiger partial charge in [-0.3, -0.25) is 4.98 Å². The Kier molecular flexibility index (Phi) is 3.06. The molecule has 0 aliphatic heterocycles. The normalized spacial score (nSPS) is 14.7. The second kappa shape index (κ2) is 4.49. The molecule has 2 atom stereocenters. The zero-order chi connectivity index (χ0) is 11.5. The largest absolute Gasteiger partial charge is 0.488 e. The Bertz CT molecular complexity index is 477. The molecule has 2 aromatic rings. The third kappa shape index (κ3) is 2.14. The van der Waals surface area contributed by atoms with E-state index in [1.807, 2.05) is 44.2 Å². The van der Waals surface area contributed by atoms with Gasteiger partial charge < -0.3 is 10.5 Å². The van der Waals surface area contributed by atoms with Crippen LogP contribution in [0.15, 0.2) is 36.5 Å². The molecule has 2 N–H and O–H groups in total. The number of nitrogens with two attached hydrogens (primary N) is 1. The van der Waals surface area contributed by atoms with Crippen molar-refractivity contribution in [3.8, 4) is 5.75 Å². The van der Waals surface area contributed by atoms with Crippen LogP contribution < -0.4 is 10.5 Å². The standard InChI is InChI=1S/C13H16N2O/c1-9(14)10(2)16-13-7-3-6-12-11(13)5-4-8-15-12/h3-10H,14H2,1-2H3/t9-,10?/m1/s1. The van der Waals surface area contributed by atoms with Crippen molar-refractivity contribution in [3.63, 3.8) is 0 Å². The Hall–Kier alpha value is -1.61. The van der Waals surface area contributed by atoms with Crippen LogP contribution in [0.5, 0.6) is 5.75 Å². The minimum absolute atomic E-state index is 0.00641. The minimum Gasteiger partial charge on any atom is -0.488 e. The summed E-state index contributed by atoms with van der Waals surface area (Å²) < 4.78 is 5.82. The van der Waals surface area contributed by atoms with Crippen molar-refractivity contribution >= 4 is 10.9 Å². The molecular formula is C13H16N2O. The molecule has 1 aromatic heterocycles. The molecule has 0 saturated carbocycles. The van der Waals surface area contributed by atoms with E-state index in [4.69, 9.17) is 10.5 Å². The van der Waals surface area contributed by atoms with Gasteiger partial charge in [-0.1, -0.05) is 6.07 Å². The summed E-state index contributed by atoms with van der Waals surface area (Å²) in [6, 6.07) is 9.78. The van der Waals surface area contributed by atoms with Gasteiger partial charge in [0.25, 0.3) is 0 Å². The van der Waals surface area contributed by atoms with E-state index >= 15 is 0 Å². The molecule has 0 amide bonds. The van der Waals surface area contributed by atoms with Crippen molar-refractivity contribution in [2.24, 2.45) is 5.73 Å². The van der Waals surface area contributed by atoms with Crippen LogP contribution in [-0.2, 0) is 0 Å². The molecule has 0 aliphatic carbocycles. The van der Waals surface area contributed by atoms with E-state index in [2.05, 4.69) is 4.98 Å². The predicted octanol–water partition coefficient (Wildman–Crippen LogP) is 2.35. The highest BCUT2D eigenvalue weighted by molar-refractivity contribution is 5.84. The number of fused-ring (bicyclic) bond motifs is 1. The van der Waals surface area contributed by atoms with Gasteiger partial charge in [-0.25, -0.2) is 0 Å². The highest BCUT2D eigenvalue weighted by Crippen LogP contribution is 2.24. The Morgan fingerprint density at radius 1 is 1.19 bits per heavy atom. The number of nitrogens with zero attached hydrogens (tertiary/aromatic N) is 1. The van der Waals surface area contributed by atoms with Crippen LogP contribution in [0.25, 0.3) is 10.9 Å². The van der Waals surface area contributed by atoms with E-state index in [1.165, 1.54) is 0 Å². The van der Waals surface area contributed by atoms with Crippen molar-refractivity contribution in [3.05, 3.63) is 36.5 Å². The van der Waals surface area contributed by atoms with E-state index < -0.39 is 0 Å². The number of ether oxygens (including phenoxy) is 1. The summed E-state index contributed by atoms with van der Waals surface area (Å²) in [6.07, 6.45) is 1.77. The van der Waals surface area contributed by atoms with Crippen LogP contribution in [0, 0.1) is 0 Å². The van der Waals surface area contributed by atoms with Gasteiger partial charge in [0.05, 0.1) is 5.52 Å². The van der Waals surface area contributed by atoms with E-state index in [0.29, 0.717) is 0 Å². The second-order valence-corrected chi connectivity index (χ2v) is 4.01. The van der Waals surface area contributed by atoms with Crippen molar-refractivity contribution in [1.29, 1.82) is 0 Å². The smallest absolute Gasteiger partial charge is 0.129 e. The first-order chi connectivity index (χ1) is 7.68. The first-order valence-electron chi connectivity index (χ1n) is 5.44. The maximum atomic E-state index is 5.82. The van der Waals surface area contributed by atoms with Crippen LogP contribution in [0.3, 0.4) is 0 Å². The van der Waals surface area contributed by atoms with Crippen LogP contribution in [-0.4, -0.2) is 17.1 Å². The molecule has 1 unspecified atom stereocenters. The molecule has 3 nitrogen and oxygen atoms in total. The van der Waals surface area contributed by atoms with Crippen molar-refractivity contribution < 1.29 is 4.74 Å². The summed E-state index contributed by atoms with van der Waals surface area (Å²) in [7, 11) is 0. The first kappa shape index (κ1) is 10.9. The van der Waals surface area contributed by atoms with Crippen LogP contribution in [0.2, 0.25) is 0 Å². The molecule has 2 rings (SSSR count). The lowest BCUT2D eigenvalue weighted by Crippen LogP contribution is -2.33. The first-order valence-corrected chi connectivity index (χ1v) is 5.44. The average molecular weight is 216 g/mol. The van der Waals surface area contributed by atoms with E-state index in [0.717, 1.165) is 16.7 Å². The number of pyridine rings is 1. The molecule has 0 aliphatic rings. The lowest BCUT2D eigenvalue weighted by atomic mass is 10.2. The molecule has 0 fully saturated rings. The average Bonchev–Trinajstić information content (AvgIpc) is 2.29. The van der Waals surface area contributed by atoms with Gasteiger partial charge >= 0.3 is 0 Å². The third-order valence-electron chi connectivity index (χ3n) is 2.66. The number of hydrogen-bond acceptors (Lipinski definition) is 3. The Labute approximate surface area is 95.2 Å². The predicted molar refractivity (Wildman–Crippen MR) is 65.5 cm³/mol. The molecule has 0 saturated heterocycles. The van der Waals surface area contributed by atoms with Crippen molar-refractivity contribution in [1.82, 2.24) is 4.98 Å². The molecule has 3 heteroatoms. The molecule has 0 spiro atoms. The monoisotopic (exact) mass is 216 g/mol. The second-order valence-electron chi connectivity index (χ2n) is 4.01. The summed E-state index contributed by atoms with van der Waals surface area (Å²) >= 11 is 0. The van der Waals surface area contributed by atoms with Crippen LogP contribution in [0.4, 0.5) is 0 Å². The van der Waals surface area contributed by atoms with Gasteiger partial charge in [0.15, 0.2) is 0 Å². The van der Waals surface area contributed by atoms with Crippen molar-refractivity contribution in [2.45, 2.75) is 26.0 Å². The van der Waals surface area contributed by atoms with Crippen LogP contribution in [0.1, 0.15) is 13.8 Å². The minimum atomic E-state index is -0.00851. The molecule has 1 aromatic carbocycles. The van der Waals surface area contributed by atoms with Crippen molar-refractivity contribution in [2.75, 3.05) is 0 Å². The summed E-state index contributed by atoms with van der Waals surface area (Å²) in [5.41, 5.74) is 6.73. The van der Waals surface area contributed by atoms with E-state index in [9.17, 15) is 0 Å². The zero-order valence-corrected chi connectivity index (χ0v) is 9.55. The number of hydrogen-bond donors (Lipinski definition) is 1. The number of rotatable bonds is 3. The SMILES string of the molecule is CC(Oc1cccc2ncccc12)[C@@H](C)N. The quantitative estimate of drug-likeness (QED) is 0.856. The molecule has 84 valence electrons. The summed E-state index contributed by atoms with van der Waals surface area (Å²) in [5, 5.41) is 1.03. The summed E-state index contributed by atoms with van der Waals surface area (Å²) in [6.45, 7) is 3.91. The highest BCUT2D eigenvalue weighted by Gasteiger charge is 2.10. The molecule has 16 heavy (non-hydrogen) atoms. The molecular weight excluding hydrogens is 200 g/mol.